The first-order valence-electron chi connectivity index (χ1n) is 5.52. The lowest BCUT2D eigenvalue weighted by Crippen LogP contribution is -2.26. The molecule has 1 N–H and O–H groups in total. The molecule has 90 valence electrons. The maximum atomic E-state index is 5.50. The first-order chi connectivity index (χ1) is 7.75. The van der Waals surface area contributed by atoms with Crippen LogP contribution in [0.5, 0.6) is 0 Å². The predicted octanol–water partition coefficient (Wildman–Crippen LogP) is 4.18. The van der Waals surface area contributed by atoms with E-state index in [2.05, 4.69) is 48.9 Å². The van der Waals surface area contributed by atoms with Crippen LogP contribution in [-0.4, -0.2) is 17.5 Å². The van der Waals surface area contributed by atoms with Crippen LogP contribution in [0, 0.1) is 0 Å². The van der Waals surface area contributed by atoms with Crippen molar-refractivity contribution in [3.8, 4) is 0 Å². The maximum absolute atomic E-state index is 5.50. The van der Waals surface area contributed by atoms with E-state index in [0.29, 0.717) is 0 Å². The first-order valence-corrected chi connectivity index (χ1v) is 8.15. The Bertz CT molecular complexity index is 317. The highest BCUT2D eigenvalue weighted by Gasteiger charge is 2.13. The standard InChI is InChI=1S/C11H15Br2NOS/c12-10-5-8(15-11(10)13)6-14-7-9-3-1-2-4-16-9/h5,9,14H,1-4,6-7H2. The molecule has 0 aromatic carbocycles. The fraction of sp³-hybridized carbons (Fsp3) is 0.636. The molecule has 0 aliphatic carbocycles. The van der Waals surface area contributed by atoms with Crippen molar-refractivity contribution in [2.75, 3.05) is 12.3 Å². The molecule has 2 rings (SSSR count). The molecule has 1 unspecified atom stereocenters. The number of hydrogen-bond acceptors (Lipinski definition) is 3. The highest BCUT2D eigenvalue weighted by Crippen LogP contribution is 2.27. The van der Waals surface area contributed by atoms with Crippen LogP contribution in [0.1, 0.15) is 25.0 Å². The second-order valence-corrected chi connectivity index (χ2v) is 6.94. The van der Waals surface area contributed by atoms with Gasteiger partial charge in [0.05, 0.1) is 11.0 Å². The Morgan fingerprint density at radius 3 is 2.94 bits per heavy atom. The van der Waals surface area contributed by atoms with Crippen LogP contribution in [0.25, 0.3) is 0 Å². The van der Waals surface area contributed by atoms with Gasteiger partial charge < -0.3 is 9.73 Å². The molecule has 1 aliphatic heterocycles. The minimum atomic E-state index is 0.774. The summed E-state index contributed by atoms with van der Waals surface area (Å²) < 4.78 is 7.26. The average molecular weight is 369 g/mol. The van der Waals surface area contributed by atoms with Crippen LogP contribution in [0.15, 0.2) is 19.6 Å². The molecule has 5 heteroatoms. The first kappa shape index (κ1) is 13.0. The van der Waals surface area contributed by atoms with Crippen molar-refractivity contribution < 1.29 is 4.42 Å². The molecule has 1 saturated heterocycles. The molecule has 1 fully saturated rings. The highest BCUT2D eigenvalue weighted by atomic mass is 79.9. The SMILES string of the molecule is Brc1cc(CNCC2CCCCS2)oc1Br. The second kappa shape index (κ2) is 6.47. The topological polar surface area (TPSA) is 25.2 Å². The van der Waals surface area contributed by atoms with E-state index in [1.165, 1.54) is 25.0 Å². The number of halogens is 2. The zero-order chi connectivity index (χ0) is 11.4. The molecule has 1 atom stereocenters. The van der Waals surface area contributed by atoms with Gasteiger partial charge in [-0.25, -0.2) is 0 Å². The van der Waals surface area contributed by atoms with E-state index in [1.807, 2.05) is 6.07 Å². The van der Waals surface area contributed by atoms with E-state index in [-0.39, 0.29) is 0 Å². The van der Waals surface area contributed by atoms with Gasteiger partial charge in [-0.3, -0.25) is 0 Å². The molecule has 0 spiro atoms. The summed E-state index contributed by atoms with van der Waals surface area (Å²) >= 11 is 8.85. The van der Waals surface area contributed by atoms with Crippen LogP contribution >= 0.6 is 43.6 Å². The van der Waals surface area contributed by atoms with Gasteiger partial charge >= 0.3 is 0 Å². The molecular formula is C11H15Br2NOS. The van der Waals surface area contributed by atoms with Gasteiger partial charge in [-0.2, -0.15) is 11.8 Å². The van der Waals surface area contributed by atoms with E-state index in [4.69, 9.17) is 4.42 Å². The third-order valence-corrected chi connectivity index (χ3v) is 5.75. The molecule has 0 bridgehead atoms. The molecule has 2 nitrogen and oxygen atoms in total. The zero-order valence-corrected chi connectivity index (χ0v) is 13.0. The van der Waals surface area contributed by atoms with Crippen LogP contribution in [0.2, 0.25) is 0 Å². The van der Waals surface area contributed by atoms with Crippen molar-refractivity contribution in [2.45, 2.75) is 31.1 Å². The van der Waals surface area contributed by atoms with E-state index in [1.54, 1.807) is 0 Å². The summed E-state index contributed by atoms with van der Waals surface area (Å²) in [5, 5.41) is 4.24. The lowest BCUT2D eigenvalue weighted by Gasteiger charge is -2.21. The van der Waals surface area contributed by atoms with Crippen LogP contribution in [0.4, 0.5) is 0 Å². The third-order valence-electron chi connectivity index (χ3n) is 2.64. The van der Waals surface area contributed by atoms with Crippen LogP contribution in [-0.2, 0) is 6.54 Å². The molecule has 2 heterocycles. The molecule has 0 radical (unpaired) electrons. The van der Waals surface area contributed by atoms with Gasteiger partial charge in [0.2, 0.25) is 0 Å². The smallest absolute Gasteiger partial charge is 0.183 e. The number of hydrogen-bond donors (Lipinski definition) is 1. The summed E-state index contributed by atoms with van der Waals surface area (Å²) in [6.45, 7) is 1.89. The minimum Gasteiger partial charge on any atom is -0.452 e. The summed E-state index contributed by atoms with van der Waals surface area (Å²) in [6.07, 6.45) is 4.12. The van der Waals surface area contributed by atoms with E-state index in [9.17, 15) is 0 Å². The van der Waals surface area contributed by atoms with Gasteiger partial charge in [0.1, 0.15) is 5.76 Å². The predicted molar refractivity (Wildman–Crippen MR) is 75.9 cm³/mol. The number of thioether (sulfide) groups is 1. The van der Waals surface area contributed by atoms with Gasteiger partial charge in [-0.1, -0.05) is 6.42 Å². The third kappa shape index (κ3) is 3.79. The van der Waals surface area contributed by atoms with Crippen LogP contribution < -0.4 is 5.32 Å². The summed E-state index contributed by atoms with van der Waals surface area (Å²) in [5.74, 6) is 2.30. The second-order valence-electron chi connectivity index (χ2n) is 3.95. The van der Waals surface area contributed by atoms with Gasteiger partial charge in [-0.15, -0.1) is 0 Å². The minimum absolute atomic E-state index is 0.774. The van der Waals surface area contributed by atoms with E-state index < -0.39 is 0 Å². The Morgan fingerprint density at radius 1 is 1.44 bits per heavy atom. The molecular weight excluding hydrogens is 354 g/mol. The van der Waals surface area contributed by atoms with E-state index in [0.717, 1.165) is 33.2 Å². The van der Waals surface area contributed by atoms with Crippen molar-refractivity contribution in [3.05, 3.63) is 21.0 Å². The summed E-state index contributed by atoms with van der Waals surface area (Å²) in [6, 6.07) is 2.01. The maximum Gasteiger partial charge on any atom is 0.183 e. The Morgan fingerprint density at radius 2 is 2.31 bits per heavy atom. The fourth-order valence-electron chi connectivity index (χ4n) is 1.80. The van der Waals surface area contributed by atoms with Gasteiger partial charge in [-0.05, 0) is 56.5 Å². The molecule has 0 amide bonds. The molecule has 0 saturated carbocycles. The fourth-order valence-corrected chi connectivity index (χ4v) is 3.74. The van der Waals surface area contributed by atoms with Gasteiger partial charge in [0, 0.05) is 11.8 Å². The van der Waals surface area contributed by atoms with Crippen molar-refractivity contribution >= 4 is 43.6 Å². The lowest BCUT2D eigenvalue weighted by atomic mass is 10.2. The van der Waals surface area contributed by atoms with E-state index >= 15 is 0 Å². The quantitative estimate of drug-likeness (QED) is 0.862. The Labute approximate surface area is 117 Å². The van der Waals surface area contributed by atoms with Gasteiger partial charge in [0.25, 0.3) is 0 Å². The Kier molecular flexibility index (Phi) is 5.26. The van der Waals surface area contributed by atoms with Gasteiger partial charge in [0.15, 0.2) is 4.67 Å². The summed E-state index contributed by atoms with van der Waals surface area (Å²) in [5.41, 5.74) is 0. The van der Waals surface area contributed by atoms with Crippen LogP contribution in [0.3, 0.4) is 0 Å². The van der Waals surface area contributed by atoms with Crippen molar-refractivity contribution in [1.29, 1.82) is 0 Å². The zero-order valence-electron chi connectivity index (χ0n) is 8.97. The lowest BCUT2D eigenvalue weighted by molar-refractivity contribution is 0.461. The molecule has 16 heavy (non-hydrogen) atoms. The highest BCUT2D eigenvalue weighted by molar-refractivity contribution is 9.13. The number of nitrogens with one attached hydrogen (secondary N) is 1. The number of rotatable bonds is 4. The average Bonchev–Trinajstić information content (AvgIpc) is 2.60. The normalized spacial score (nSPS) is 21.2. The monoisotopic (exact) mass is 367 g/mol. The molecule has 1 aromatic rings. The summed E-state index contributed by atoms with van der Waals surface area (Å²) in [4.78, 5) is 0. The largest absolute Gasteiger partial charge is 0.452 e. The van der Waals surface area contributed by atoms with Crippen molar-refractivity contribution in [1.82, 2.24) is 5.32 Å². The molecule has 1 aliphatic rings. The molecule has 1 aromatic heterocycles. The number of furan rings is 1. The van der Waals surface area contributed by atoms with Crippen molar-refractivity contribution in [3.63, 3.8) is 0 Å². The van der Waals surface area contributed by atoms with Crippen molar-refractivity contribution in [2.24, 2.45) is 0 Å². The Hall–Kier alpha value is 0.550. The Balaban J connectivity index is 1.71. The summed E-state index contributed by atoms with van der Waals surface area (Å²) in [7, 11) is 0.